The highest BCUT2D eigenvalue weighted by molar-refractivity contribution is 5.47. The van der Waals surface area contributed by atoms with Crippen molar-refractivity contribution in [2.75, 3.05) is 7.11 Å². The maximum atomic E-state index is 10.6. The quantitative estimate of drug-likeness (QED) is 0.432. The van der Waals surface area contributed by atoms with Gasteiger partial charge in [-0.05, 0) is 13.0 Å². The molecule has 15 heavy (non-hydrogen) atoms. The van der Waals surface area contributed by atoms with E-state index in [1.807, 2.05) is 0 Å². The van der Waals surface area contributed by atoms with E-state index in [9.17, 15) is 10.1 Å². The molecule has 0 heterocycles. The van der Waals surface area contributed by atoms with Crippen molar-refractivity contribution in [3.63, 3.8) is 0 Å². The number of rotatable bonds is 4. The zero-order valence-electron chi connectivity index (χ0n) is 8.47. The molecule has 1 unspecified atom stereocenters. The zero-order chi connectivity index (χ0) is 11.4. The fourth-order valence-electron chi connectivity index (χ4n) is 1.25. The maximum Gasteiger partial charge on any atom is 0.269 e. The molecule has 1 aromatic rings. The van der Waals surface area contributed by atoms with Crippen LogP contribution in [0.4, 0.5) is 5.69 Å². The van der Waals surface area contributed by atoms with E-state index in [0.29, 0.717) is 11.3 Å². The number of nitrogens with zero attached hydrogens (tertiary/aromatic N) is 1. The van der Waals surface area contributed by atoms with Gasteiger partial charge in [0.05, 0.1) is 12.0 Å². The molecule has 0 bridgehead atoms. The van der Waals surface area contributed by atoms with Crippen LogP contribution >= 0.6 is 0 Å². The molecule has 4 nitrogen and oxygen atoms in total. The molecule has 0 amide bonds. The number of allylic oxidation sites excluding steroid dienone is 1. The first-order chi connectivity index (χ1) is 7.10. The Morgan fingerprint density at radius 3 is 2.73 bits per heavy atom. The molecule has 0 spiro atoms. The minimum Gasteiger partial charge on any atom is -0.496 e. The minimum absolute atomic E-state index is 0.0290. The Bertz CT molecular complexity index is 387. The second-order valence-corrected chi connectivity index (χ2v) is 3.03. The van der Waals surface area contributed by atoms with Crippen LogP contribution in [-0.2, 0) is 0 Å². The predicted octanol–water partition coefficient (Wildman–Crippen LogP) is 2.71. The number of non-ortho nitro benzene ring substituents is 1. The molecule has 0 saturated carbocycles. The van der Waals surface area contributed by atoms with Gasteiger partial charge in [-0.1, -0.05) is 6.08 Å². The lowest BCUT2D eigenvalue weighted by atomic mass is 10.00. The largest absolute Gasteiger partial charge is 0.496 e. The summed E-state index contributed by atoms with van der Waals surface area (Å²) in [6, 6.07) is 4.42. The Hall–Kier alpha value is -1.84. The Morgan fingerprint density at radius 1 is 1.60 bits per heavy atom. The van der Waals surface area contributed by atoms with Gasteiger partial charge in [0, 0.05) is 23.6 Å². The first-order valence-electron chi connectivity index (χ1n) is 4.38. The summed E-state index contributed by atoms with van der Waals surface area (Å²) in [5, 5.41) is 10.6. The summed E-state index contributed by atoms with van der Waals surface area (Å²) in [4.78, 5) is 10.1. The summed E-state index contributed by atoms with van der Waals surface area (Å²) in [5.74, 6) is 0.361. The van der Waals surface area contributed by atoms with Crippen molar-refractivity contribution >= 4 is 5.69 Å². The van der Waals surface area contributed by atoms with Crippen LogP contribution in [0.3, 0.4) is 0 Å². The van der Waals surface area contributed by atoms with Gasteiger partial charge in [0.2, 0.25) is 0 Å². The van der Waals surface area contributed by atoms with Gasteiger partial charge in [0.25, 0.3) is 5.69 Å². The normalized spacial score (nSPS) is 11.9. The van der Waals surface area contributed by atoms with Crippen LogP contribution < -0.4 is 4.74 Å². The van der Waals surface area contributed by atoms with Gasteiger partial charge >= 0.3 is 0 Å². The van der Waals surface area contributed by atoms with Crippen LogP contribution in [0.15, 0.2) is 30.9 Å². The summed E-state index contributed by atoms with van der Waals surface area (Å²) in [7, 11) is 1.51. The highest BCUT2D eigenvalue weighted by atomic mass is 16.6. The molecule has 1 aromatic carbocycles. The number of nitro benzene ring substituents is 1. The summed E-state index contributed by atoms with van der Waals surface area (Å²) >= 11 is 0. The SMILES string of the molecule is [CH2]C(C=C)c1cc([N+](=O)[O-])ccc1OC. The molecule has 0 fully saturated rings. The highest BCUT2D eigenvalue weighted by Crippen LogP contribution is 2.30. The molecule has 0 aromatic heterocycles. The van der Waals surface area contributed by atoms with E-state index in [1.54, 1.807) is 12.1 Å². The third-order valence-corrected chi connectivity index (χ3v) is 2.11. The van der Waals surface area contributed by atoms with E-state index in [-0.39, 0.29) is 11.6 Å². The molecule has 0 saturated heterocycles. The van der Waals surface area contributed by atoms with Crippen LogP contribution in [0.1, 0.15) is 11.5 Å². The fraction of sp³-hybridized carbons (Fsp3) is 0.182. The number of methoxy groups -OCH3 is 1. The van der Waals surface area contributed by atoms with Crippen LogP contribution in [0.5, 0.6) is 5.75 Å². The van der Waals surface area contributed by atoms with E-state index >= 15 is 0 Å². The summed E-state index contributed by atoms with van der Waals surface area (Å²) < 4.78 is 5.09. The molecule has 0 N–H and O–H groups in total. The zero-order valence-corrected chi connectivity index (χ0v) is 8.47. The first-order valence-corrected chi connectivity index (χ1v) is 4.38. The van der Waals surface area contributed by atoms with Crippen LogP contribution in [0.2, 0.25) is 0 Å². The first kappa shape index (κ1) is 11.2. The number of hydrogen-bond acceptors (Lipinski definition) is 3. The van der Waals surface area contributed by atoms with Gasteiger partial charge in [-0.25, -0.2) is 0 Å². The van der Waals surface area contributed by atoms with E-state index < -0.39 is 4.92 Å². The van der Waals surface area contributed by atoms with Crippen LogP contribution in [0.25, 0.3) is 0 Å². The predicted molar refractivity (Wildman–Crippen MR) is 57.9 cm³/mol. The monoisotopic (exact) mass is 206 g/mol. The van der Waals surface area contributed by atoms with Gasteiger partial charge in [0.1, 0.15) is 5.75 Å². The molecule has 0 aliphatic carbocycles. The Labute approximate surface area is 88.3 Å². The molecule has 1 atom stereocenters. The van der Waals surface area contributed by atoms with Crippen molar-refractivity contribution in [2.24, 2.45) is 0 Å². The van der Waals surface area contributed by atoms with Gasteiger partial charge in [-0.2, -0.15) is 0 Å². The van der Waals surface area contributed by atoms with Crippen molar-refractivity contribution in [1.29, 1.82) is 0 Å². The van der Waals surface area contributed by atoms with Crippen LogP contribution in [0, 0.1) is 17.0 Å². The maximum absolute atomic E-state index is 10.6. The van der Waals surface area contributed by atoms with Crippen molar-refractivity contribution < 1.29 is 9.66 Å². The second-order valence-electron chi connectivity index (χ2n) is 3.03. The lowest BCUT2D eigenvalue weighted by Gasteiger charge is -2.11. The average molecular weight is 206 g/mol. The van der Waals surface area contributed by atoms with Crippen LogP contribution in [-0.4, -0.2) is 12.0 Å². The van der Waals surface area contributed by atoms with E-state index in [4.69, 9.17) is 4.74 Å². The lowest BCUT2D eigenvalue weighted by Crippen LogP contribution is -1.97. The Kier molecular flexibility index (Phi) is 3.44. The van der Waals surface area contributed by atoms with Gasteiger partial charge in [0.15, 0.2) is 0 Å². The molecule has 79 valence electrons. The molecule has 0 aliphatic rings. The smallest absolute Gasteiger partial charge is 0.269 e. The topological polar surface area (TPSA) is 52.4 Å². The highest BCUT2D eigenvalue weighted by Gasteiger charge is 2.14. The van der Waals surface area contributed by atoms with Gasteiger partial charge < -0.3 is 4.74 Å². The molecule has 0 aliphatic heterocycles. The average Bonchev–Trinajstić information content (AvgIpc) is 2.27. The molecular formula is C11H12NO3. The number of ether oxygens (including phenoxy) is 1. The van der Waals surface area contributed by atoms with E-state index in [1.165, 1.54) is 19.2 Å². The molecular weight excluding hydrogens is 194 g/mol. The summed E-state index contributed by atoms with van der Waals surface area (Å²) in [6.45, 7) is 7.41. The standard InChI is InChI=1S/C11H12NO3/c1-4-8(2)10-7-9(12(13)14)5-6-11(10)15-3/h4-8H,1-2H2,3H3. The van der Waals surface area contributed by atoms with E-state index in [2.05, 4.69) is 13.5 Å². The van der Waals surface area contributed by atoms with Gasteiger partial charge in [-0.3, -0.25) is 10.1 Å². The number of hydrogen-bond donors (Lipinski definition) is 0. The fourth-order valence-corrected chi connectivity index (χ4v) is 1.25. The molecule has 1 rings (SSSR count). The number of benzene rings is 1. The van der Waals surface area contributed by atoms with Gasteiger partial charge in [-0.15, -0.1) is 6.58 Å². The van der Waals surface area contributed by atoms with Crippen molar-refractivity contribution in [2.45, 2.75) is 5.92 Å². The lowest BCUT2D eigenvalue weighted by molar-refractivity contribution is -0.384. The van der Waals surface area contributed by atoms with Crippen molar-refractivity contribution in [1.82, 2.24) is 0 Å². The summed E-state index contributed by atoms with van der Waals surface area (Å²) in [5.41, 5.74) is 0.697. The molecule has 1 radical (unpaired) electrons. The third-order valence-electron chi connectivity index (χ3n) is 2.11. The van der Waals surface area contributed by atoms with Crippen molar-refractivity contribution in [3.05, 3.63) is 53.5 Å². The third kappa shape index (κ3) is 2.34. The minimum atomic E-state index is -0.446. The van der Waals surface area contributed by atoms with E-state index in [0.717, 1.165) is 0 Å². The Morgan fingerprint density at radius 2 is 2.27 bits per heavy atom. The Balaban J connectivity index is 3.24. The number of nitro groups is 1. The van der Waals surface area contributed by atoms with Crippen molar-refractivity contribution in [3.8, 4) is 5.75 Å². The molecule has 4 heteroatoms. The second kappa shape index (κ2) is 4.59. The summed E-state index contributed by atoms with van der Waals surface area (Å²) in [6.07, 6.45) is 1.61.